The number of hydrogen-bond acceptors (Lipinski definition) is 5. The topological polar surface area (TPSA) is 102 Å². The molecule has 0 spiro atoms. The van der Waals surface area contributed by atoms with Gasteiger partial charge in [0, 0.05) is 5.69 Å². The van der Waals surface area contributed by atoms with E-state index in [9.17, 15) is 13.2 Å². The summed E-state index contributed by atoms with van der Waals surface area (Å²) in [7, 11) is -3.66. The summed E-state index contributed by atoms with van der Waals surface area (Å²) in [4.78, 5) is 11.0. The van der Waals surface area contributed by atoms with Gasteiger partial charge in [0.25, 0.3) is 10.0 Å². The van der Waals surface area contributed by atoms with Crippen molar-refractivity contribution in [3.8, 4) is 11.5 Å². The van der Waals surface area contributed by atoms with Crippen LogP contribution in [0.1, 0.15) is 15.9 Å². The summed E-state index contributed by atoms with van der Waals surface area (Å²) in [5.74, 6) is 0.123. The molecule has 3 aromatic rings. The minimum atomic E-state index is -3.66. The van der Waals surface area contributed by atoms with Crippen molar-refractivity contribution in [2.45, 2.75) is 11.8 Å². The molecule has 0 radical (unpaired) electrons. The van der Waals surface area contributed by atoms with Crippen molar-refractivity contribution >= 4 is 21.7 Å². The van der Waals surface area contributed by atoms with Crippen LogP contribution in [0.2, 0.25) is 0 Å². The minimum absolute atomic E-state index is 0.191. The molecule has 0 bridgehead atoms. The van der Waals surface area contributed by atoms with Gasteiger partial charge in [-0.3, -0.25) is 4.72 Å². The minimum Gasteiger partial charge on any atom is -0.490 e. The van der Waals surface area contributed by atoms with Gasteiger partial charge in [-0.1, -0.05) is 12.1 Å². The molecule has 0 aromatic heterocycles. The number of hydrogen-bond donors (Lipinski definition) is 2. The second-order valence-electron chi connectivity index (χ2n) is 6.47. The van der Waals surface area contributed by atoms with E-state index < -0.39 is 16.0 Å². The molecular weight excluding hydrogens is 406 g/mol. The molecule has 0 heterocycles. The summed E-state index contributed by atoms with van der Waals surface area (Å²) >= 11 is 0. The van der Waals surface area contributed by atoms with Gasteiger partial charge in [-0.2, -0.15) is 0 Å². The third-order valence-electron chi connectivity index (χ3n) is 4.13. The van der Waals surface area contributed by atoms with Gasteiger partial charge in [-0.15, -0.1) is 0 Å². The first kappa shape index (κ1) is 21.2. The van der Waals surface area contributed by atoms with E-state index in [0.717, 1.165) is 5.56 Å². The van der Waals surface area contributed by atoms with Gasteiger partial charge in [-0.25, -0.2) is 13.2 Å². The molecule has 2 N–H and O–H groups in total. The second-order valence-corrected chi connectivity index (χ2v) is 8.16. The number of aryl methyl sites for hydroxylation is 1. The average molecular weight is 427 g/mol. The molecular formula is C22H21NO6S. The fourth-order valence-corrected chi connectivity index (χ4v) is 3.79. The van der Waals surface area contributed by atoms with E-state index in [1.165, 1.54) is 12.1 Å². The van der Waals surface area contributed by atoms with E-state index in [2.05, 4.69) is 4.72 Å². The third-order valence-corrected chi connectivity index (χ3v) is 5.51. The number of anilines is 1. The Morgan fingerprint density at radius 1 is 0.900 bits per heavy atom. The molecule has 0 saturated carbocycles. The van der Waals surface area contributed by atoms with Crippen LogP contribution in [0, 0.1) is 6.92 Å². The number of sulfonamides is 1. The highest BCUT2D eigenvalue weighted by molar-refractivity contribution is 7.92. The Labute approximate surface area is 174 Å². The SMILES string of the molecule is Cc1cccc(S(=O)(=O)Nc2ccc(OCCOc3ccc(C(=O)O)cc3)cc2)c1. The van der Waals surface area contributed by atoms with E-state index in [1.54, 1.807) is 54.6 Å². The smallest absolute Gasteiger partial charge is 0.335 e. The zero-order chi connectivity index (χ0) is 21.6. The van der Waals surface area contributed by atoms with Crippen LogP contribution in [-0.4, -0.2) is 32.7 Å². The highest BCUT2D eigenvalue weighted by Gasteiger charge is 2.14. The van der Waals surface area contributed by atoms with E-state index in [-0.39, 0.29) is 23.7 Å². The molecule has 0 aliphatic carbocycles. The third kappa shape index (κ3) is 5.74. The van der Waals surface area contributed by atoms with Gasteiger partial charge in [0.2, 0.25) is 0 Å². The van der Waals surface area contributed by atoms with Gasteiger partial charge >= 0.3 is 5.97 Å². The van der Waals surface area contributed by atoms with Crippen LogP contribution < -0.4 is 14.2 Å². The number of nitrogens with one attached hydrogen (secondary N) is 1. The number of benzene rings is 3. The van der Waals surface area contributed by atoms with Crippen molar-refractivity contribution < 1.29 is 27.8 Å². The predicted molar refractivity (Wildman–Crippen MR) is 113 cm³/mol. The maximum absolute atomic E-state index is 12.5. The van der Waals surface area contributed by atoms with Crippen molar-refractivity contribution in [3.05, 3.63) is 83.9 Å². The van der Waals surface area contributed by atoms with Crippen molar-refractivity contribution in [2.24, 2.45) is 0 Å². The van der Waals surface area contributed by atoms with Crippen LogP contribution in [0.4, 0.5) is 5.69 Å². The summed E-state index contributed by atoms with van der Waals surface area (Å²) in [5.41, 5.74) is 1.48. The first-order chi connectivity index (χ1) is 14.3. The molecule has 30 heavy (non-hydrogen) atoms. The molecule has 3 aromatic carbocycles. The zero-order valence-electron chi connectivity index (χ0n) is 16.2. The Bertz CT molecular complexity index is 1110. The molecule has 3 rings (SSSR count). The van der Waals surface area contributed by atoms with Gasteiger partial charge in [0.15, 0.2) is 0 Å². The first-order valence-electron chi connectivity index (χ1n) is 9.12. The molecule has 0 aliphatic rings. The van der Waals surface area contributed by atoms with Crippen LogP contribution in [0.15, 0.2) is 77.7 Å². The molecule has 0 fully saturated rings. The van der Waals surface area contributed by atoms with Gasteiger partial charge in [0.05, 0.1) is 10.5 Å². The lowest BCUT2D eigenvalue weighted by Crippen LogP contribution is -2.13. The van der Waals surface area contributed by atoms with E-state index >= 15 is 0 Å². The molecule has 0 amide bonds. The normalized spacial score (nSPS) is 11.0. The molecule has 0 unspecified atom stereocenters. The predicted octanol–water partition coefficient (Wildman–Crippen LogP) is 3.95. The van der Waals surface area contributed by atoms with Crippen LogP contribution >= 0.6 is 0 Å². The quantitative estimate of drug-likeness (QED) is 0.502. The van der Waals surface area contributed by atoms with Crippen LogP contribution in [0.5, 0.6) is 11.5 Å². The van der Waals surface area contributed by atoms with Crippen LogP contribution in [0.25, 0.3) is 0 Å². The van der Waals surface area contributed by atoms with Gasteiger partial charge in [0.1, 0.15) is 24.7 Å². The highest BCUT2D eigenvalue weighted by Crippen LogP contribution is 2.20. The summed E-state index contributed by atoms with van der Waals surface area (Å²) in [6.07, 6.45) is 0. The Balaban J connectivity index is 1.49. The molecule has 7 nitrogen and oxygen atoms in total. The molecule has 8 heteroatoms. The number of carbonyl (C=O) groups is 1. The first-order valence-corrected chi connectivity index (χ1v) is 10.6. The Hall–Kier alpha value is -3.52. The number of carboxylic acids is 1. The van der Waals surface area contributed by atoms with Crippen LogP contribution in [0.3, 0.4) is 0 Å². The maximum Gasteiger partial charge on any atom is 0.335 e. The fraction of sp³-hybridized carbons (Fsp3) is 0.136. The molecule has 0 atom stereocenters. The summed E-state index contributed by atoms with van der Waals surface area (Å²) in [6, 6.07) is 19.3. The van der Waals surface area contributed by atoms with E-state index in [0.29, 0.717) is 17.2 Å². The number of ether oxygens (including phenoxy) is 2. The lowest BCUT2D eigenvalue weighted by Gasteiger charge is -2.11. The highest BCUT2D eigenvalue weighted by atomic mass is 32.2. The van der Waals surface area contributed by atoms with Crippen molar-refractivity contribution in [1.29, 1.82) is 0 Å². The molecule has 156 valence electrons. The standard InChI is InChI=1S/C22H21NO6S/c1-16-3-2-4-21(15-16)30(26,27)23-18-7-11-20(12-8-18)29-14-13-28-19-9-5-17(6-10-19)22(24)25/h2-12,15,23H,13-14H2,1H3,(H,24,25). The zero-order valence-corrected chi connectivity index (χ0v) is 17.1. The van der Waals surface area contributed by atoms with E-state index in [1.807, 2.05) is 13.0 Å². The largest absolute Gasteiger partial charge is 0.490 e. The number of aromatic carboxylic acids is 1. The average Bonchev–Trinajstić information content (AvgIpc) is 2.72. The number of rotatable bonds is 9. The Morgan fingerprint density at radius 2 is 1.47 bits per heavy atom. The summed E-state index contributed by atoms with van der Waals surface area (Å²) in [5, 5.41) is 8.87. The van der Waals surface area contributed by atoms with Crippen molar-refractivity contribution in [1.82, 2.24) is 0 Å². The number of carboxylic acid groups (broad SMARTS) is 1. The molecule has 0 aliphatic heterocycles. The summed E-state index contributed by atoms with van der Waals surface area (Å²) < 4.78 is 38.5. The summed E-state index contributed by atoms with van der Waals surface area (Å²) in [6.45, 7) is 2.38. The lowest BCUT2D eigenvalue weighted by molar-refractivity contribution is 0.0697. The fourth-order valence-electron chi connectivity index (χ4n) is 2.63. The van der Waals surface area contributed by atoms with Crippen molar-refractivity contribution in [2.75, 3.05) is 17.9 Å². The van der Waals surface area contributed by atoms with E-state index in [4.69, 9.17) is 14.6 Å². The van der Waals surface area contributed by atoms with Crippen LogP contribution in [-0.2, 0) is 10.0 Å². The monoisotopic (exact) mass is 427 g/mol. The van der Waals surface area contributed by atoms with Gasteiger partial charge < -0.3 is 14.6 Å². The maximum atomic E-state index is 12.5. The second kappa shape index (κ2) is 9.32. The van der Waals surface area contributed by atoms with Crippen molar-refractivity contribution in [3.63, 3.8) is 0 Å². The molecule has 0 saturated heterocycles. The Kier molecular flexibility index (Phi) is 6.58. The van der Waals surface area contributed by atoms with Gasteiger partial charge in [-0.05, 0) is 73.2 Å². The lowest BCUT2D eigenvalue weighted by atomic mass is 10.2. The Morgan fingerprint density at radius 3 is 2.00 bits per heavy atom.